The van der Waals surface area contributed by atoms with Gasteiger partial charge in [-0.25, -0.2) is 4.79 Å². The summed E-state index contributed by atoms with van der Waals surface area (Å²) in [6.07, 6.45) is 9.36. The van der Waals surface area contributed by atoms with Crippen LogP contribution in [0.15, 0.2) is 48.9 Å². The number of rotatable bonds is 5. The van der Waals surface area contributed by atoms with Gasteiger partial charge in [0.15, 0.2) is 0 Å². The first-order chi connectivity index (χ1) is 11.8. The van der Waals surface area contributed by atoms with E-state index in [1.165, 1.54) is 5.56 Å². The summed E-state index contributed by atoms with van der Waals surface area (Å²) >= 11 is 0. The Labute approximate surface area is 143 Å². The van der Waals surface area contributed by atoms with Crippen molar-refractivity contribution in [1.29, 1.82) is 0 Å². The largest absolute Gasteiger partial charge is 0.338 e. The van der Waals surface area contributed by atoms with Crippen molar-refractivity contribution >= 4 is 6.03 Å². The predicted molar refractivity (Wildman–Crippen MR) is 93.6 cm³/mol. The van der Waals surface area contributed by atoms with E-state index in [9.17, 15) is 4.79 Å². The molecule has 126 valence electrons. The van der Waals surface area contributed by atoms with Crippen LogP contribution < -0.4 is 5.32 Å². The Hall–Kier alpha value is -2.43. The number of hydrogen-bond acceptors (Lipinski definition) is 3. The van der Waals surface area contributed by atoms with Crippen molar-refractivity contribution in [2.24, 2.45) is 5.92 Å². The third kappa shape index (κ3) is 4.78. The van der Waals surface area contributed by atoms with Gasteiger partial charge in [0, 0.05) is 43.9 Å². The van der Waals surface area contributed by atoms with Crippen LogP contribution in [0.3, 0.4) is 0 Å². The average molecular weight is 324 g/mol. The molecule has 0 bridgehead atoms. The van der Waals surface area contributed by atoms with Crippen LogP contribution in [0.4, 0.5) is 4.79 Å². The lowest BCUT2D eigenvalue weighted by Gasteiger charge is -2.32. The summed E-state index contributed by atoms with van der Waals surface area (Å²) in [6.45, 7) is 2.33. The predicted octanol–water partition coefficient (Wildman–Crippen LogP) is 2.68. The molecule has 5 nitrogen and oxygen atoms in total. The Morgan fingerprint density at radius 2 is 1.92 bits per heavy atom. The summed E-state index contributed by atoms with van der Waals surface area (Å²) in [5, 5.41) is 3.02. The number of amides is 2. The molecule has 3 rings (SSSR count). The van der Waals surface area contributed by atoms with E-state index in [-0.39, 0.29) is 6.03 Å². The smallest absolute Gasteiger partial charge is 0.317 e. The molecule has 24 heavy (non-hydrogen) atoms. The Morgan fingerprint density at radius 1 is 1.12 bits per heavy atom. The van der Waals surface area contributed by atoms with E-state index in [0.717, 1.165) is 44.5 Å². The van der Waals surface area contributed by atoms with Crippen LogP contribution >= 0.6 is 0 Å². The quantitative estimate of drug-likeness (QED) is 0.920. The van der Waals surface area contributed by atoms with Crippen molar-refractivity contribution in [2.45, 2.75) is 25.7 Å². The van der Waals surface area contributed by atoms with Crippen LogP contribution in [0.25, 0.3) is 0 Å². The fourth-order valence-corrected chi connectivity index (χ4v) is 3.13. The Balaban J connectivity index is 1.37. The maximum Gasteiger partial charge on any atom is 0.317 e. The SMILES string of the molecule is O=C(NCCc1ccncc1)N1CCC(Cc2ccccn2)CC1. The molecule has 1 aliphatic rings. The molecule has 3 heterocycles. The first-order valence-corrected chi connectivity index (χ1v) is 8.63. The van der Waals surface area contributed by atoms with E-state index >= 15 is 0 Å². The van der Waals surface area contributed by atoms with Gasteiger partial charge in [-0.05, 0) is 61.4 Å². The Bertz CT molecular complexity index is 624. The van der Waals surface area contributed by atoms with Gasteiger partial charge in [-0.2, -0.15) is 0 Å². The molecule has 0 spiro atoms. The summed E-state index contributed by atoms with van der Waals surface area (Å²) in [5.41, 5.74) is 2.34. The van der Waals surface area contributed by atoms with Gasteiger partial charge in [0.2, 0.25) is 0 Å². The van der Waals surface area contributed by atoms with Gasteiger partial charge in [0.1, 0.15) is 0 Å². The van der Waals surface area contributed by atoms with Gasteiger partial charge >= 0.3 is 6.03 Å². The molecule has 0 saturated carbocycles. The average Bonchev–Trinajstić information content (AvgIpc) is 2.64. The maximum absolute atomic E-state index is 12.2. The highest BCUT2D eigenvalue weighted by atomic mass is 16.2. The van der Waals surface area contributed by atoms with Crippen LogP contribution in [0.5, 0.6) is 0 Å². The zero-order valence-electron chi connectivity index (χ0n) is 13.9. The summed E-state index contributed by atoms with van der Waals surface area (Å²) in [5.74, 6) is 0.626. The molecular weight excluding hydrogens is 300 g/mol. The zero-order valence-corrected chi connectivity index (χ0v) is 13.9. The number of carbonyl (C=O) groups is 1. The van der Waals surface area contributed by atoms with Crippen LogP contribution in [0, 0.1) is 5.92 Å². The van der Waals surface area contributed by atoms with Crippen molar-refractivity contribution in [3.05, 3.63) is 60.2 Å². The summed E-state index contributed by atoms with van der Waals surface area (Å²) < 4.78 is 0. The fourth-order valence-electron chi connectivity index (χ4n) is 3.13. The molecule has 0 unspecified atom stereocenters. The van der Waals surface area contributed by atoms with E-state index in [0.29, 0.717) is 12.5 Å². The lowest BCUT2D eigenvalue weighted by molar-refractivity contribution is 0.170. The van der Waals surface area contributed by atoms with Crippen LogP contribution in [-0.4, -0.2) is 40.5 Å². The highest BCUT2D eigenvalue weighted by Gasteiger charge is 2.22. The van der Waals surface area contributed by atoms with Gasteiger partial charge in [-0.1, -0.05) is 6.07 Å². The second-order valence-corrected chi connectivity index (χ2v) is 6.29. The number of piperidine rings is 1. The topological polar surface area (TPSA) is 58.1 Å². The van der Waals surface area contributed by atoms with Gasteiger partial charge < -0.3 is 10.2 Å². The molecule has 0 radical (unpaired) electrons. The van der Waals surface area contributed by atoms with Crippen LogP contribution in [0.2, 0.25) is 0 Å². The number of hydrogen-bond donors (Lipinski definition) is 1. The van der Waals surface area contributed by atoms with E-state index in [2.05, 4.69) is 21.4 Å². The maximum atomic E-state index is 12.2. The molecule has 1 N–H and O–H groups in total. The second-order valence-electron chi connectivity index (χ2n) is 6.29. The van der Waals surface area contributed by atoms with Crippen molar-refractivity contribution in [3.63, 3.8) is 0 Å². The molecule has 1 fully saturated rings. The molecule has 0 atom stereocenters. The lowest BCUT2D eigenvalue weighted by atomic mass is 9.92. The number of nitrogens with zero attached hydrogens (tertiary/aromatic N) is 3. The van der Waals surface area contributed by atoms with Crippen LogP contribution in [-0.2, 0) is 12.8 Å². The van der Waals surface area contributed by atoms with E-state index in [1.54, 1.807) is 12.4 Å². The molecule has 0 aromatic carbocycles. The minimum absolute atomic E-state index is 0.0559. The first kappa shape index (κ1) is 16.4. The van der Waals surface area contributed by atoms with Crippen molar-refractivity contribution in [2.75, 3.05) is 19.6 Å². The Morgan fingerprint density at radius 3 is 2.62 bits per heavy atom. The van der Waals surface area contributed by atoms with Gasteiger partial charge in [-0.15, -0.1) is 0 Å². The minimum atomic E-state index is 0.0559. The monoisotopic (exact) mass is 324 g/mol. The van der Waals surface area contributed by atoms with Gasteiger partial charge in [0.05, 0.1) is 0 Å². The number of likely N-dealkylation sites (tertiary alicyclic amines) is 1. The summed E-state index contributed by atoms with van der Waals surface area (Å²) in [7, 11) is 0. The first-order valence-electron chi connectivity index (χ1n) is 8.63. The van der Waals surface area contributed by atoms with Crippen LogP contribution in [0.1, 0.15) is 24.1 Å². The normalized spacial score (nSPS) is 15.2. The molecular formula is C19H24N4O. The highest BCUT2D eigenvalue weighted by molar-refractivity contribution is 5.74. The molecule has 1 aliphatic heterocycles. The third-order valence-electron chi connectivity index (χ3n) is 4.56. The molecule has 5 heteroatoms. The Kier molecular flexibility index (Phi) is 5.77. The van der Waals surface area contributed by atoms with Crippen molar-refractivity contribution in [1.82, 2.24) is 20.2 Å². The summed E-state index contributed by atoms with van der Waals surface area (Å²) in [4.78, 5) is 22.6. The fraction of sp³-hybridized carbons (Fsp3) is 0.421. The van der Waals surface area contributed by atoms with Crippen molar-refractivity contribution in [3.8, 4) is 0 Å². The third-order valence-corrected chi connectivity index (χ3v) is 4.56. The highest BCUT2D eigenvalue weighted by Crippen LogP contribution is 2.20. The number of carbonyl (C=O) groups excluding carboxylic acids is 1. The van der Waals surface area contributed by atoms with Gasteiger partial charge in [0.25, 0.3) is 0 Å². The minimum Gasteiger partial charge on any atom is -0.338 e. The second kappa shape index (κ2) is 8.43. The number of nitrogens with one attached hydrogen (secondary N) is 1. The zero-order chi connectivity index (χ0) is 16.6. The number of aromatic nitrogens is 2. The number of pyridine rings is 2. The number of urea groups is 1. The van der Waals surface area contributed by atoms with E-state index in [4.69, 9.17) is 0 Å². The van der Waals surface area contributed by atoms with E-state index in [1.807, 2.05) is 35.4 Å². The standard InChI is InChI=1S/C19H24N4O/c24-19(22-12-6-16-4-10-20-11-5-16)23-13-7-17(8-14-23)15-18-3-1-2-9-21-18/h1-5,9-11,17H,6-8,12-15H2,(H,22,24). The van der Waals surface area contributed by atoms with E-state index < -0.39 is 0 Å². The van der Waals surface area contributed by atoms with Crippen molar-refractivity contribution < 1.29 is 4.79 Å². The lowest BCUT2D eigenvalue weighted by Crippen LogP contribution is -2.45. The molecule has 2 aromatic rings. The molecule has 2 aromatic heterocycles. The molecule has 1 saturated heterocycles. The summed E-state index contributed by atoms with van der Waals surface area (Å²) in [6, 6.07) is 10.1. The molecule has 2 amide bonds. The molecule has 0 aliphatic carbocycles. The van der Waals surface area contributed by atoms with Gasteiger partial charge in [-0.3, -0.25) is 9.97 Å².